The number of piperidine rings is 1. The highest BCUT2D eigenvalue weighted by molar-refractivity contribution is 5.84. The Morgan fingerprint density at radius 1 is 0.821 bits per heavy atom. The van der Waals surface area contributed by atoms with Crippen LogP contribution in [0.25, 0.3) is 0 Å². The second-order valence-electron chi connectivity index (χ2n) is 16.7. The molecule has 6 fully saturated rings. The molecule has 1 amide bonds. The van der Waals surface area contributed by atoms with Gasteiger partial charge < -0.3 is 15.7 Å². The zero-order valence-electron chi connectivity index (χ0n) is 26.0. The molecule has 39 heavy (non-hydrogen) atoms. The van der Waals surface area contributed by atoms with Gasteiger partial charge in [0.25, 0.3) is 0 Å². The van der Waals surface area contributed by atoms with E-state index >= 15 is 0 Å². The number of aliphatic hydroxyl groups is 1. The van der Waals surface area contributed by atoms with Gasteiger partial charge in [-0.15, -0.1) is 0 Å². The van der Waals surface area contributed by atoms with Crippen LogP contribution < -0.4 is 10.6 Å². The van der Waals surface area contributed by atoms with E-state index in [0.29, 0.717) is 52.4 Å². The molecule has 4 heteroatoms. The molecule has 0 aromatic carbocycles. The highest BCUT2D eigenvalue weighted by Gasteiger charge is 2.71. The summed E-state index contributed by atoms with van der Waals surface area (Å²) in [6.45, 7) is 21.4. The molecule has 4 nitrogen and oxygen atoms in total. The fraction of sp³-hybridized carbons (Fsp3) is 0.914. The topological polar surface area (TPSA) is 61.4 Å². The molecule has 3 N–H and O–H groups in total. The maximum atomic E-state index is 14.3. The highest BCUT2D eigenvalue weighted by atomic mass is 16.3. The van der Waals surface area contributed by atoms with E-state index in [0.717, 1.165) is 51.6 Å². The van der Waals surface area contributed by atoms with Crippen molar-refractivity contribution in [1.29, 1.82) is 0 Å². The Bertz CT molecular complexity index is 1000. The maximum absolute atomic E-state index is 14.3. The summed E-state index contributed by atoms with van der Waals surface area (Å²) < 4.78 is 0. The summed E-state index contributed by atoms with van der Waals surface area (Å²) in [5.74, 6) is 3.19. The molecule has 0 aromatic heterocycles. The molecule has 6 aliphatic rings. The van der Waals surface area contributed by atoms with Crippen LogP contribution in [-0.2, 0) is 4.79 Å². The predicted molar refractivity (Wildman–Crippen MR) is 159 cm³/mol. The Kier molecular flexibility index (Phi) is 6.75. The van der Waals surface area contributed by atoms with Crippen LogP contribution in [0.1, 0.15) is 119 Å². The van der Waals surface area contributed by atoms with Crippen molar-refractivity contribution in [2.75, 3.05) is 13.1 Å². The predicted octanol–water partition coefficient (Wildman–Crippen LogP) is 6.87. The molecule has 0 unspecified atom stereocenters. The Morgan fingerprint density at radius 3 is 2.23 bits per heavy atom. The van der Waals surface area contributed by atoms with Gasteiger partial charge in [0, 0.05) is 6.04 Å². The summed E-state index contributed by atoms with van der Waals surface area (Å²) >= 11 is 0. The third kappa shape index (κ3) is 3.78. The normalized spacial score (nSPS) is 51.2. The van der Waals surface area contributed by atoms with Gasteiger partial charge in [0.1, 0.15) is 0 Å². The average Bonchev–Trinajstić information content (AvgIpc) is 3.29. The minimum Gasteiger partial charge on any atom is -0.393 e. The molecular weight excluding hydrogens is 480 g/mol. The van der Waals surface area contributed by atoms with E-state index < -0.39 is 0 Å². The largest absolute Gasteiger partial charge is 0.393 e. The fourth-order valence-corrected chi connectivity index (χ4v) is 12.8. The number of hydrogen-bond donors (Lipinski definition) is 3. The molecular formula is C35H58N2O2. The van der Waals surface area contributed by atoms with Crippen LogP contribution in [0.3, 0.4) is 0 Å². The van der Waals surface area contributed by atoms with Gasteiger partial charge in [-0.25, -0.2) is 0 Å². The molecule has 1 heterocycles. The lowest BCUT2D eigenvalue weighted by atomic mass is 9.32. The summed E-state index contributed by atoms with van der Waals surface area (Å²) in [4.78, 5) is 14.3. The summed E-state index contributed by atoms with van der Waals surface area (Å²) in [6, 6.07) is 0.333. The first-order valence-corrected chi connectivity index (χ1v) is 16.7. The maximum Gasteiger partial charge on any atom is 0.226 e. The quantitative estimate of drug-likeness (QED) is 0.344. The van der Waals surface area contributed by atoms with Gasteiger partial charge in [-0.05, 0) is 148 Å². The zero-order chi connectivity index (χ0) is 28.0. The van der Waals surface area contributed by atoms with E-state index in [1.807, 2.05) is 0 Å². The number of hydrogen-bond acceptors (Lipinski definition) is 3. The van der Waals surface area contributed by atoms with Crippen LogP contribution in [0.2, 0.25) is 0 Å². The van der Waals surface area contributed by atoms with E-state index in [9.17, 15) is 9.90 Å². The Labute approximate surface area is 238 Å². The average molecular weight is 539 g/mol. The molecule has 1 saturated heterocycles. The molecule has 5 aliphatic carbocycles. The third-order valence-corrected chi connectivity index (χ3v) is 15.2. The highest BCUT2D eigenvalue weighted by Crippen LogP contribution is 2.77. The lowest BCUT2D eigenvalue weighted by Gasteiger charge is -2.72. The first-order valence-electron chi connectivity index (χ1n) is 16.7. The van der Waals surface area contributed by atoms with Crippen molar-refractivity contribution in [3.63, 3.8) is 0 Å². The van der Waals surface area contributed by atoms with E-state index in [-0.39, 0.29) is 22.3 Å². The van der Waals surface area contributed by atoms with Gasteiger partial charge in [-0.2, -0.15) is 0 Å². The number of rotatable bonds is 3. The van der Waals surface area contributed by atoms with E-state index in [1.165, 1.54) is 44.1 Å². The first kappa shape index (κ1) is 28.3. The summed E-state index contributed by atoms with van der Waals surface area (Å²) in [7, 11) is 0. The van der Waals surface area contributed by atoms with Crippen LogP contribution >= 0.6 is 0 Å². The Morgan fingerprint density at radius 2 is 1.54 bits per heavy atom. The van der Waals surface area contributed by atoms with Gasteiger partial charge in [0.15, 0.2) is 0 Å². The third-order valence-electron chi connectivity index (χ3n) is 15.2. The molecule has 10 atom stereocenters. The number of carbonyl (C=O) groups excluding carboxylic acids is 1. The first-order chi connectivity index (χ1) is 18.3. The second-order valence-corrected chi connectivity index (χ2v) is 16.7. The molecule has 0 bridgehead atoms. The lowest BCUT2D eigenvalue weighted by Crippen LogP contribution is -2.67. The molecule has 5 saturated carbocycles. The van der Waals surface area contributed by atoms with E-state index in [4.69, 9.17) is 0 Å². The number of amides is 1. The zero-order valence-corrected chi connectivity index (χ0v) is 26.0. The minimum atomic E-state index is -0.208. The molecule has 220 valence electrons. The molecule has 0 spiro atoms. The van der Waals surface area contributed by atoms with Crippen LogP contribution in [0.15, 0.2) is 12.2 Å². The van der Waals surface area contributed by atoms with Gasteiger partial charge in [-0.3, -0.25) is 4.79 Å². The van der Waals surface area contributed by atoms with Crippen LogP contribution in [0.5, 0.6) is 0 Å². The smallest absolute Gasteiger partial charge is 0.226 e. The van der Waals surface area contributed by atoms with Crippen molar-refractivity contribution in [2.45, 2.75) is 131 Å². The number of nitrogens with one attached hydrogen (secondary N) is 2. The van der Waals surface area contributed by atoms with Crippen LogP contribution in [-0.4, -0.2) is 36.2 Å². The lowest BCUT2D eigenvalue weighted by molar-refractivity contribution is -0.246. The van der Waals surface area contributed by atoms with Gasteiger partial charge in [-0.1, -0.05) is 46.8 Å². The Hall–Kier alpha value is -0.870. The summed E-state index contributed by atoms with van der Waals surface area (Å²) in [5, 5.41) is 18.1. The molecule has 0 aromatic rings. The van der Waals surface area contributed by atoms with Crippen LogP contribution in [0, 0.1) is 56.7 Å². The van der Waals surface area contributed by atoms with Crippen molar-refractivity contribution in [2.24, 2.45) is 56.7 Å². The number of fused-ring (bicyclic) bond motifs is 7. The van der Waals surface area contributed by atoms with E-state index in [2.05, 4.69) is 58.8 Å². The standard InChI is InChI=1S/C35H58N2O2/c1-22(2)24-10-17-35(30(39)37-23-13-20-36-21-14-23)19-18-33(6)25(29(24)35)8-9-27-32(5)15-12-28(38)31(3,4)26(32)11-16-34(27,33)7/h23-29,36,38H,1,8-21H2,2-7H3,(H,37,39)/t24-,25+,26-,27+,28-,29+,32-,33+,34+,35-/m0/s1. The van der Waals surface area contributed by atoms with Gasteiger partial charge in [0.05, 0.1) is 11.5 Å². The summed E-state index contributed by atoms with van der Waals surface area (Å²) in [6.07, 6.45) is 13.6. The van der Waals surface area contributed by atoms with Gasteiger partial charge >= 0.3 is 0 Å². The summed E-state index contributed by atoms with van der Waals surface area (Å²) in [5.41, 5.74) is 1.95. The van der Waals surface area contributed by atoms with Crippen molar-refractivity contribution < 1.29 is 9.90 Å². The van der Waals surface area contributed by atoms with Crippen molar-refractivity contribution in [1.82, 2.24) is 10.6 Å². The second kappa shape index (κ2) is 9.32. The molecule has 1 aliphatic heterocycles. The Balaban J connectivity index is 1.35. The molecule has 0 radical (unpaired) electrons. The van der Waals surface area contributed by atoms with Crippen LogP contribution in [0.4, 0.5) is 0 Å². The number of allylic oxidation sites excluding steroid dienone is 1. The van der Waals surface area contributed by atoms with Crippen molar-refractivity contribution in [3.8, 4) is 0 Å². The number of carbonyl (C=O) groups is 1. The fourth-order valence-electron chi connectivity index (χ4n) is 12.8. The SMILES string of the molecule is C=C(C)[C@@H]1CC[C@]2(C(=O)NC3CCNCC3)CC[C@]3(C)[C@H](CC[C@@H]4[C@@]5(C)CC[C@H](O)C(C)(C)[C@@H]5CC[C@]43C)[C@@H]12. The monoisotopic (exact) mass is 538 g/mol. The van der Waals surface area contributed by atoms with Gasteiger partial charge in [0.2, 0.25) is 5.91 Å². The van der Waals surface area contributed by atoms with E-state index in [1.54, 1.807) is 0 Å². The van der Waals surface area contributed by atoms with Crippen molar-refractivity contribution in [3.05, 3.63) is 12.2 Å². The molecule has 6 rings (SSSR count). The minimum absolute atomic E-state index is 0.00295. The van der Waals surface area contributed by atoms with Crippen molar-refractivity contribution >= 4 is 5.91 Å². The number of aliphatic hydroxyl groups excluding tert-OH is 1.